The number of benzene rings is 2. The molecule has 0 spiro atoms. The summed E-state index contributed by atoms with van der Waals surface area (Å²) in [6.45, 7) is 13.3. The summed E-state index contributed by atoms with van der Waals surface area (Å²) in [7, 11) is 0. The van der Waals surface area contributed by atoms with Crippen LogP contribution < -0.4 is 20.1 Å². The fourth-order valence-electron chi connectivity index (χ4n) is 4.39. The predicted molar refractivity (Wildman–Crippen MR) is 161 cm³/mol. The van der Waals surface area contributed by atoms with Gasteiger partial charge in [0.15, 0.2) is 11.5 Å². The molecule has 1 aliphatic heterocycles. The first-order valence-corrected chi connectivity index (χ1v) is 15.0. The summed E-state index contributed by atoms with van der Waals surface area (Å²) in [6, 6.07) is 11.1. The highest BCUT2D eigenvalue weighted by molar-refractivity contribution is 9.10. The van der Waals surface area contributed by atoms with Crippen molar-refractivity contribution >= 4 is 45.2 Å². The monoisotopic (exact) mass is 613 g/mol. The van der Waals surface area contributed by atoms with E-state index in [1.54, 1.807) is 16.4 Å². The van der Waals surface area contributed by atoms with E-state index >= 15 is 0 Å². The molecule has 0 radical (unpaired) electrons. The lowest BCUT2D eigenvalue weighted by Crippen LogP contribution is -2.31. The Bertz CT molecular complexity index is 1370. The van der Waals surface area contributed by atoms with Gasteiger partial charge in [0.25, 0.3) is 5.91 Å². The maximum atomic E-state index is 13.8. The number of nitrogens with one attached hydrogen (secondary N) is 2. The molecule has 3 aromatic rings. The molecular weight excluding hydrogens is 578 g/mol. The first-order valence-electron chi connectivity index (χ1n) is 13.3. The number of hydrogen-bond acceptors (Lipinski definition) is 7. The SMILES string of the molecule is CCOc1cc(C2C(C(=O)Nc3cccc(C)c3)=C(C)Nc3nc(SCC)nn32)cc(Br)c1OCCC(C)C. The Morgan fingerprint density at radius 3 is 2.69 bits per heavy atom. The Morgan fingerprint density at radius 2 is 2.00 bits per heavy atom. The number of carbonyl (C=O) groups is 1. The molecule has 0 aliphatic carbocycles. The zero-order valence-corrected chi connectivity index (χ0v) is 25.7. The topological polar surface area (TPSA) is 90.3 Å². The number of rotatable bonds is 11. The van der Waals surface area contributed by atoms with Gasteiger partial charge in [0, 0.05) is 11.4 Å². The number of nitrogens with zero attached hydrogens (tertiary/aromatic N) is 3. The Hall–Kier alpha value is -2.98. The number of aromatic nitrogens is 3. The van der Waals surface area contributed by atoms with Gasteiger partial charge in [-0.2, -0.15) is 4.98 Å². The summed E-state index contributed by atoms with van der Waals surface area (Å²) in [5.41, 5.74) is 3.89. The standard InChI is InChI=1S/C29H36BrN5O3S/c1-7-37-23-16-20(15-22(30)26(23)38-13-12-17(3)4)25-24(27(36)32-21-11-9-10-18(5)14-21)19(6)31-28-33-29(39-8-2)34-35(25)28/h9-11,14-17,25H,7-8,12-13H2,1-6H3,(H,32,36)(H,31,33,34). The highest BCUT2D eigenvalue weighted by Crippen LogP contribution is 2.43. The second kappa shape index (κ2) is 12.9. The number of halogens is 1. The third kappa shape index (κ3) is 6.78. The molecular formula is C29H36BrN5O3S. The van der Waals surface area contributed by atoms with Gasteiger partial charge in [-0.05, 0) is 90.2 Å². The minimum absolute atomic E-state index is 0.215. The van der Waals surface area contributed by atoms with Gasteiger partial charge in [-0.3, -0.25) is 4.79 Å². The number of hydrogen-bond donors (Lipinski definition) is 2. The van der Waals surface area contributed by atoms with E-state index in [2.05, 4.69) is 52.3 Å². The lowest BCUT2D eigenvalue weighted by atomic mass is 9.94. The average Bonchev–Trinajstić information content (AvgIpc) is 3.26. The van der Waals surface area contributed by atoms with Crippen LogP contribution in [0.5, 0.6) is 11.5 Å². The molecule has 1 amide bonds. The minimum Gasteiger partial charge on any atom is -0.490 e. The third-order valence-corrected chi connectivity index (χ3v) is 7.53. The van der Waals surface area contributed by atoms with Gasteiger partial charge in [0.2, 0.25) is 11.1 Å². The zero-order chi connectivity index (χ0) is 28.1. The molecule has 0 fully saturated rings. The van der Waals surface area contributed by atoms with Crippen molar-refractivity contribution in [1.29, 1.82) is 0 Å². The molecule has 8 nitrogen and oxygen atoms in total. The van der Waals surface area contributed by atoms with Crippen molar-refractivity contribution in [3.05, 3.63) is 63.3 Å². The van der Waals surface area contributed by atoms with Gasteiger partial charge in [-0.1, -0.05) is 44.7 Å². The van der Waals surface area contributed by atoms with Gasteiger partial charge < -0.3 is 20.1 Å². The fourth-order valence-corrected chi connectivity index (χ4v) is 5.52. The van der Waals surface area contributed by atoms with Crippen LogP contribution in [0.4, 0.5) is 11.6 Å². The van der Waals surface area contributed by atoms with Gasteiger partial charge in [-0.25, -0.2) is 4.68 Å². The van der Waals surface area contributed by atoms with E-state index in [-0.39, 0.29) is 5.91 Å². The van der Waals surface area contributed by atoms with Crippen molar-refractivity contribution in [1.82, 2.24) is 14.8 Å². The number of allylic oxidation sites excluding steroid dienone is 1. The fraction of sp³-hybridized carbons (Fsp3) is 0.414. The van der Waals surface area contributed by atoms with Gasteiger partial charge >= 0.3 is 0 Å². The Balaban J connectivity index is 1.80. The highest BCUT2D eigenvalue weighted by Gasteiger charge is 2.35. The van der Waals surface area contributed by atoms with Crippen molar-refractivity contribution in [2.45, 2.75) is 59.2 Å². The van der Waals surface area contributed by atoms with Crippen molar-refractivity contribution in [2.24, 2.45) is 5.92 Å². The van der Waals surface area contributed by atoms with Crippen LogP contribution in [0.25, 0.3) is 0 Å². The number of carbonyl (C=O) groups excluding carboxylic acids is 1. The van der Waals surface area contributed by atoms with Gasteiger partial charge in [0.1, 0.15) is 6.04 Å². The zero-order valence-electron chi connectivity index (χ0n) is 23.3. The van der Waals surface area contributed by atoms with Crippen LogP contribution in [0.1, 0.15) is 58.2 Å². The van der Waals surface area contributed by atoms with E-state index in [0.717, 1.165) is 33.5 Å². The summed E-state index contributed by atoms with van der Waals surface area (Å²) < 4.78 is 14.7. The molecule has 1 atom stereocenters. The van der Waals surface area contributed by atoms with E-state index in [9.17, 15) is 4.79 Å². The van der Waals surface area contributed by atoms with Crippen LogP contribution in [-0.2, 0) is 4.79 Å². The molecule has 39 heavy (non-hydrogen) atoms. The third-order valence-electron chi connectivity index (χ3n) is 6.22. The molecule has 2 N–H and O–H groups in total. The first kappa shape index (κ1) is 29.0. The van der Waals surface area contributed by atoms with E-state index in [1.165, 1.54) is 0 Å². The molecule has 1 aliphatic rings. The molecule has 10 heteroatoms. The molecule has 0 bridgehead atoms. The number of fused-ring (bicyclic) bond motifs is 1. The summed E-state index contributed by atoms with van der Waals surface area (Å²) >= 11 is 5.27. The highest BCUT2D eigenvalue weighted by atomic mass is 79.9. The smallest absolute Gasteiger partial charge is 0.255 e. The molecule has 0 saturated carbocycles. The van der Waals surface area contributed by atoms with Crippen LogP contribution in [0.15, 0.2) is 57.3 Å². The molecule has 2 heterocycles. The number of thioether (sulfide) groups is 1. The van der Waals surface area contributed by atoms with Crippen LogP contribution in [0.2, 0.25) is 0 Å². The Kier molecular flexibility index (Phi) is 9.61. The maximum absolute atomic E-state index is 13.8. The quantitative estimate of drug-likeness (QED) is 0.221. The maximum Gasteiger partial charge on any atom is 0.255 e. The normalized spacial score (nSPS) is 14.7. The van der Waals surface area contributed by atoms with Crippen LogP contribution in [0, 0.1) is 12.8 Å². The van der Waals surface area contributed by atoms with Crippen molar-refractivity contribution in [3.8, 4) is 11.5 Å². The van der Waals surface area contributed by atoms with Crippen LogP contribution in [-0.4, -0.2) is 39.6 Å². The second-order valence-electron chi connectivity index (χ2n) is 9.78. The van der Waals surface area contributed by atoms with Crippen molar-refractivity contribution in [2.75, 3.05) is 29.6 Å². The number of anilines is 2. The summed E-state index contributed by atoms with van der Waals surface area (Å²) in [5, 5.41) is 11.8. The minimum atomic E-state index is -0.537. The predicted octanol–water partition coefficient (Wildman–Crippen LogP) is 7.21. The summed E-state index contributed by atoms with van der Waals surface area (Å²) in [5.74, 6) is 3.01. The number of aryl methyl sites for hydroxylation is 1. The molecule has 1 unspecified atom stereocenters. The summed E-state index contributed by atoms with van der Waals surface area (Å²) in [6.07, 6.45) is 0.930. The second-order valence-corrected chi connectivity index (χ2v) is 11.9. The van der Waals surface area contributed by atoms with Crippen molar-refractivity contribution in [3.63, 3.8) is 0 Å². The molecule has 1 aromatic heterocycles. The van der Waals surface area contributed by atoms with Gasteiger partial charge in [0.05, 0.1) is 23.3 Å². The van der Waals surface area contributed by atoms with Gasteiger partial charge in [-0.15, -0.1) is 5.10 Å². The summed E-state index contributed by atoms with van der Waals surface area (Å²) in [4.78, 5) is 18.5. The van der Waals surface area contributed by atoms with E-state index in [4.69, 9.17) is 14.6 Å². The van der Waals surface area contributed by atoms with Crippen molar-refractivity contribution < 1.29 is 14.3 Å². The number of ether oxygens (including phenoxy) is 2. The van der Waals surface area contributed by atoms with E-state index in [0.29, 0.717) is 53.0 Å². The lowest BCUT2D eigenvalue weighted by molar-refractivity contribution is -0.113. The first-order chi connectivity index (χ1) is 18.7. The Morgan fingerprint density at radius 1 is 1.21 bits per heavy atom. The lowest BCUT2D eigenvalue weighted by Gasteiger charge is -2.29. The largest absolute Gasteiger partial charge is 0.490 e. The molecule has 0 saturated heterocycles. The van der Waals surface area contributed by atoms with E-state index in [1.807, 2.05) is 57.2 Å². The molecule has 2 aromatic carbocycles. The molecule has 4 rings (SSSR count). The Labute approximate surface area is 243 Å². The average molecular weight is 615 g/mol. The van der Waals surface area contributed by atoms with Crippen LogP contribution >= 0.6 is 27.7 Å². The number of amides is 1. The van der Waals surface area contributed by atoms with E-state index < -0.39 is 6.04 Å². The van der Waals surface area contributed by atoms with Crippen LogP contribution in [0.3, 0.4) is 0 Å². The molecule has 208 valence electrons.